The van der Waals surface area contributed by atoms with Crippen molar-refractivity contribution >= 4 is 8.56 Å². The van der Waals surface area contributed by atoms with E-state index in [0.717, 1.165) is 18.4 Å². The molecule has 0 aromatic carbocycles. The molecule has 0 bridgehead atoms. The van der Waals surface area contributed by atoms with Crippen molar-refractivity contribution in [1.82, 2.24) is 0 Å². The topological polar surface area (TPSA) is 51.2 Å². The van der Waals surface area contributed by atoms with E-state index < -0.39 is 8.56 Å². The average Bonchev–Trinajstić information content (AvgIpc) is 3.10. The minimum absolute atomic E-state index is 0.0509. The van der Waals surface area contributed by atoms with Gasteiger partial charge >= 0.3 is 8.56 Å². The lowest BCUT2D eigenvalue weighted by molar-refractivity contribution is 0.192. The number of fused-ring (bicyclic) bond motifs is 1. The number of hydrogen-bond donors (Lipinski definition) is 1. The monoisotopic (exact) mass is 246 g/mol. The average molecular weight is 246 g/mol. The van der Waals surface area contributed by atoms with Crippen LogP contribution < -0.4 is 0 Å². The lowest BCUT2D eigenvalue weighted by Crippen LogP contribution is -2.45. The van der Waals surface area contributed by atoms with Crippen LogP contribution in [0.1, 0.15) is 25.7 Å². The molecular formula is C11H22O4Si. The summed E-state index contributed by atoms with van der Waals surface area (Å²) >= 11 is 0. The van der Waals surface area contributed by atoms with E-state index >= 15 is 0 Å². The van der Waals surface area contributed by atoms with Gasteiger partial charge in [-0.1, -0.05) is 0 Å². The second-order valence-corrected chi connectivity index (χ2v) is 8.36. The van der Waals surface area contributed by atoms with E-state index in [9.17, 15) is 5.11 Å². The maximum absolute atomic E-state index is 9.35. The van der Waals surface area contributed by atoms with Crippen LogP contribution in [0.15, 0.2) is 0 Å². The van der Waals surface area contributed by atoms with Crippen LogP contribution in [0.3, 0.4) is 0 Å². The molecule has 3 atom stereocenters. The number of hydrogen-bond acceptors (Lipinski definition) is 4. The van der Waals surface area contributed by atoms with E-state index in [1.807, 2.05) is 0 Å². The van der Waals surface area contributed by atoms with Crippen molar-refractivity contribution in [1.29, 1.82) is 0 Å². The molecule has 1 saturated heterocycles. The van der Waals surface area contributed by atoms with Gasteiger partial charge in [0.05, 0.1) is 18.4 Å². The summed E-state index contributed by atoms with van der Waals surface area (Å²) in [5.74, 6) is 0.729. The van der Waals surface area contributed by atoms with Crippen LogP contribution in [-0.2, 0) is 13.6 Å². The largest absolute Gasteiger partial charge is 0.396 e. The first-order valence-corrected chi connectivity index (χ1v) is 8.32. The van der Waals surface area contributed by atoms with Gasteiger partial charge in [0.25, 0.3) is 0 Å². The summed E-state index contributed by atoms with van der Waals surface area (Å²) in [7, 11) is 0.996. The second-order valence-electron chi connectivity index (χ2n) is 4.91. The molecule has 3 unspecified atom stereocenters. The molecule has 2 aliphatic rings. The summed E-state index contributed by atoms with van der Waals surface area (Å²) in [4.78, 5) is 0. The number of aliphatic hydroxyl groups excluding tert-OH is 1. The van der Waals surface area contributed by atoms with E-state index in [0.29, 0.717) is 12.2 Å². The van der Waals surface area contributed by atoms with Crippen molar-refractivity contribution in [3.8, 4) is 0 Å². The summed E-state index contributed by atoms with van der Waals surface area (Å²) in [6.07, 6.45) is 5.91. The second kappa shape index (κ2) is 5.14. The van der Waals surface area contributed by atoms with Crippen LogP contribution in [0.2, 0.25) is 6.04 Å². The molecule has 0 spiro atoms. The highest BCUT2D eigenvalue weighted by molar-refractivity contribution is 6.67. The Hall–Kier alpha value is 0.0569. The van der Waals surface area contributed by atoms with Crippen LogP contribution in [-0.4, -0.2) is 46.3 Å². The van der Waals surface area contributed by atoms with Gasteiger partial charge in [0, 0.05) is 14.2 Å². The standard InChI is InChI=1S/C11H22O4Si/c1-13-16(8-12,14-2)6-5-9-3-4-10-11(7-9)15-10/h9-12H,3-8H2,1-2H3. The zero-order chi connectivity index (χ0) is 11.6. The lowest BCUT2D eigenvalue weighted by atomic mass is 9.88. The Balaban J connectivity index is 1.76. The van der Waals surface area contributed by atoms with Crippen molar-refractivity contribution < 1.29 is 18.7 Å². The molecular weight excluding hydrogens is 224 g/mol. The van der Waals surface area contributed by atoms with Crippen molar-refractivity contribution in [2.45, 2.75) is 43.9 Å². The minimum Gasteiger partial charge on any atom is -0.396 e. The van der Waals surface area contributed by atoms with Crippen molar-refractivity contribution in [2.24, 2.45) is 5.92 Å². The van der Waals surface area contributed by atoms with Crippen LogP contribution >= 0.6 is 0 Å². The highest BCUT2D eigenvalue weighted by atomic mass is 28.4. The maximum atomic E-state index is 9.35. The summed E-state index contributed by atoms with van der Waals surface area (Å²) in [5, 5.41) is 9.35. The van der Waals surface area contributed by atoms with Gasteiger partial charge in [-0.2, -0.15) is 0 Å². The van der Waals surface area contributed by atoms with Gasteiger partial charge in [-0.15, -0.1) is 0 Å². The van der Waals surface area contributed by atoms with Gasteiger partial charge < -0.3 is 18.7 Å². The van der Waals surface area contributed by atoms with E-state index in [1.54, 1.807) is 14.2 Å². The number of ether oxygens (including phenoxy) is 1. The number of rotatable bonds is 6. The minimum atomic E-state index is -2.30. The fraction of sp³-hybridized carbons (Fsp3) is 1.00. The van der Waals surface area contributed by atoms with Crippen molar-refractivity contribution in [2.75, 3.05) is 20.4 Å². The molecule has 1 saturated carbocycles. The third-order valence-electron chi connectivity index (χ3n) is 4.03. The highest BCUT2D eigenvalue weighted by Gasteiger charge is 2.44. The van der Waals surface area contributed by atoms with E-state index in [4.69, 9.17) is 13.6 Å². The molecule has 0 radical (unpaired) electrons. The molecule has 1 heterocycles. The Labute approximate surface area is 98.1 Å². The van der Waals surface area contributed by atoms with Crippen LogP contribution in [0.4, 0.5) is 0 Å². The van der Waals surface area contributed by atoms with E-state index in [1.165, 1.54) is 19.3 Å². The molecule has 0 aromatic heterocycles. The summed E-state index contributed by atoms with van der Waals surface area (Å²) in [6.45, 7) is 0. The Bertz CT molecular complexity index is 224. The molecule has 4 nitrogen and oxygen atoms in total. The molecule has 5 heteroatoms. The molecule has 0 amide bonds. The third kappa shape index (κ3) is 2.65. The SMILES string of the molecule is CO[Si](CO)(CCC1CCC2OC2C1)OC. The Kier molecular flexibility index (Phi) is 4.02. The molecule has 2 rings (SSSR count). The zero-order valence-corrected chi connectivity index (χ0v) is 11.1. The van der Waals surface area contributed by atoms with Gasteiger partial charge in [0.15, 0.2) is 0 Å². The fourth-order valence-corrected chi connectivity index (χ4v) is 4.51. The van der Waals surface area contributed by atoms with Gasteiger partial charge in [0.1, 0.15) is 0 Å². The van der Waals surface area contributed by atoms with Gasteiger partial charge in [-0.3, -0.25) is 0 Å². The Morgan fingerprint density at radius 3 is 2.56 bits per heavy atom. The summed E-state index contributed by atoms with van der Waals surface area (Å²) < 4.78 is 16.3. The molecule has 94 valence electrons. The van der Waals surface area contributed by atoms with Crippen molar-refractivity contribution in [3.63, 3.8) is 0 Å². The molecule has 16 heavy (non-hydrogen) atoms. The zero-order valence-electron chi connectivity index (χ0n) is 10.1. The molecule has 1 N–H and O–H groups in total. The Morgan fingerprint density at radius 2 is 2.00 bits per heavy atom. The van der Waals surface area contributed by atoms with Gasteiger partial charge in [-0.05, 0) is 37.6 Å². The lowest BCUT2D eigenvalue weighted by Gasteiger charge is -2.27. The maximum Gasteiger partial charge on any atom is 0.363 e. The first kappa shape index (κ1) is 12.5. The van der Waals surface area contributed by atoms with Gasteiger partial charge in [0.2, 0.25) is 0 Å². The highest BCUT2D eigenvalue weighted by Crippen LogP contribution is 2.41. The van der Waals surface area contributed by atoms with E-state index in [-0.39, 0.29) is 6.23 Å². The molecule has 1 aliphatic heterocycles. The van der Waals surface area contributed by atoms with Crippen LogP contribution in [0, 0.1) is 5.92 Å². The van der Waals surface area contributed by atoms with Crippen LogP contribution in [0.5, 0.6) is 0 Å². The van der Waals surface area contributed by atoms with Crippen LogP contribution in [0.25, 0.3) is 0 Å². The summed E-state index contributed by atoms with van der Waals surface area (Å²) in [6, 6.07) is 0.887. The third-order valence-corrected chi connectivity index (χ3v) is 7.05. The summed E-state index contributed by atoms with van der Waals surface area (Å²) in [5.41, 5.74) is 0. The van der Waals surface area contributed by atoms with E-state index in [2.05, 4.69) is 0 Å². The molecule has 1 aliphatic carbocycles. The predicted octanol–water partition coefficient (Wildman–Crippen LogP) is 1.21. The number of aliphatic hydroxyl groups is 1. The number of epoxide rings is 1. The first-order valence-electron chi connectivity index (χ1n) is 6.09. The first-order chi connectivity index (χ1) is 7.73. The smallest absolute Gasteiger partial charge is 0.363 e. The molecule has 2 fully saturated rings. The predicted molar refractivity (Wildman–Crippen MR) is 62.3 cm³/mol. The van der Waals surface area contributed by atoms with Crippen molar-refractivity contribution in [3.05, 3.63) is 0 Å². The molecule has 0 aromatic rings. The van der Waals surface area contributed by atoms with Gasteiger partial charge in [-0.25, -0.2) is 0 Å². The fourth-order valence-electron chi connectivity index (χ4n) is 2.67. The Morgan fingerprint density at radius 1 is 1.25 bits per heavy atom. The normalized spacial score (nSPS) is 33.6. The quantitative estimate of drug-likeness (QED) is 0.565.